The molecular formula is C16H23FN2O. The Morgan fingerprint density at radius 2 is 2.15 bits per heavy atom. The van der Waals surface area contributed by atoms with Gasteiger partial charge in [0.15, 0.2) is 0 Å². The van der Waals surface area contributed by atoms with Crippen molar-refractivity contribution in [1.82, 2.24) is 4.90 Å². The number of carbonyl (C=O) groups excluding carboxylic acids is 1. The van der Waals surface area contributed by atoms with Crippen molar-refractivity contribution in [2.45, 2.75) is 32.1 Å². The number of piperidine rings is 1. The van der Waals surface area contributed by atoms with Crippen LogP contribution in [-0.2, 0) is 4.79 Å². The maximum Gasteiger partial charge on any atom is 0.217 e. The molecule has 1 heterocycles. The lowest BCUT2D eigenvalue weighted by Gasteiger charge is -2.34. The monoisotopic (exact) mass is 278 g/mol. The van der Waals surface area contributed by atoms with Crippen molar-refractivity contribution in [3.63, 3.8) is 0 Å². The standard InChI is InChI=1S/C16H23FN2O/c1-12(14-4-6-15(17)7-5-14)10-19-8-2-3-13(11-19)9-16(18)20/h4-7,12-13H,2-3,8-11H2,1H3,(H2,18,20). The van der Waals surface area contributed by atoms with Crippen LogP contribution in [0.5, 0.6) is 0 Å². The molecule has 3 nitrogen and oxygen atoms in total. The van der Waals surface area contributed by atoms with Gasteiger partial charge in [-0.2, -0.15) is 0 Å². The first-order valence-corrected chi connectivity index (χ1v) is 7.30. The van der Waals surface area contributed by atoms with Crippen molar-refractivity contribution in [2.75, 3.05) is 19.6 Å². The normalized spacial score (nSPS) is 21.6. The first-order chi connectivity index (χ1) is 9.54. The zero-order valence-corrected chi connectivity index (χ0v) is 12.0. The number of nitrogens with zero attached hydrogens (tertiary/aromatic N) is 1. The van der Waals surface area contributed by atoms with Crippen molar-refractivity contribution in [2.24, 2.45) is 11.7 Å². The third-order valence-corrected chi connectivity index (χ3v) is 4.06. The summed E-state index contributed by atoms with van der Waals surface area (Å²) >= 11 is 0. The summed E-state index contributed by atoms with van der Waals surface area (Å²) in [6.45, 7) is 5.11. The number of halogens is 1. The molecule has 2 N–H and O–H groups in total. The lowest BCUT2D eigenvalue weighted by atomic mass is 9.93. The molecule has 0 radical (unpaired) electrons. The highest BCUT2D eigenvalue weighted by molar-refractivity contribution is 5.74. The van der Waals surface area contributed by atoms with E-state index in [-0.39, 0.29) is 11.7 Å². The fraction of sp³-hybridized carbons (Fsp3) is 0.562. The number of hydrogen-bond acceptors (Lipinski definition) is 2. The molecule has 0 aliphatic carbocycles. The quantitative estimate of drug-likeness (QED) is 0.899. The second-order valence-electron chi connectivity index (χ2n) is 5.89. The molecule has 1 amide bonds. The molecule has 1 saturated heterocycles. The van der Waals surface area contributed by atoms with Gasteiger partial charge in [0, 0.05) is 19.5 Å². The number of amides is 1. The summed E-state index contributed by atoms with van der Waals surface area (Å²) in [6.07, 6.45) is 2.69. The van der Waals surface area contributed by atoms with Gasteiger partial charge >= 0.3 is 0 Å². The van der Waals surface area contributed by atoms with E-state index in [9.17, 15) is 9.18 Å². The lowest BCUT2D eigenvalue weighted by Crippen LogP contribution is -2.38. The zero-order chi connectivity index (χ0) is 14.5. The second kappa shape index (κ2) is 6.84. The SMILES string of the molecule is CC(CN1CCCC(CC(N)=O)C1)c1ccc(F)cc1. The maximum atomic E-state index is 12.9. The summed E-state index contributed by atoms with van der Waals surface area (Å²) in [7, 11) is 0. The minimum Gasteiger partial charge on any atom is -0.370 e. The summed E-state index contributed by atoms with van der Waals surface area (Å²) in [5, 5.41) is 0. The number of benzene rings is 1. The van der Waals surface area contributed by atoms with Crippen molar-refractivity contribution in [3.8, 4) is 0 Å². The fourth-order valence-electron chi connectivity index (χ4n) is 3.05. The van der Waals surface area contributed by atoms with Crippen molar-refractivity contribution >= 4 is 5.91 Å². The Morgan fingerprint density at radius 3 is 2.80 bits per heavy atom. The molecule has 110 valence electrons. The van der Waals surface area contributed by atoms with Crippen LogP contribution in [-0.4, -0.2) is 30.4 Å². The van der Waals surface area contributed by atoms with Gasteiger partial charge in [0.2, 0.25) is 5.91 Å². The van der Waals surface area contributed by atoms with Gasteiger partial charge in [-0.05, 0) is 48.9 Å². The van der Waals surface area contributed by atoms with Gasteiger partial charge in [-0.3, -0.25) is 4.79 Å². The minimum atomic E-state index is -0.205. The molecule has 0 bridgehead atoms. The smallest absolute Gasteiger partial charge is 0.217 e. The van der Waals surface area contributed by atoms with Gasteiger partial charge in [-0.15, -0.1) is 0 Å². The predicted molar refractivity (Wildman–Crippen MR) is 77.8 cm³/mol. The van der Waals surface area contributed by atoms with E-state index in [0.29, 0.717) is 18.3 Å². The molecule has 1 fully saturated rings. The van der Waals surface area contributed by atoms with Crippen LogP contribution in [0.2, 0.25) is 0 Å². The molecule has 2 atom stereocenters. The van der Waals surface area contributed by atoms with Crippen LogP contribution in [0, 0.1) is 11.7 Å². The highest BCUT2D eigenvalue weighted by atomic mass is 19.1. The van der Waals surface area contributed by atoms with Crippen LogP contribution in [0.4, 0.5) is 4.39 Å². The summed E-state index contributed by atoms with van der Waals surface area (Å²) in [5.41, 5.74) is 6.44. The molecule has 2 unspecified atom stereocenters. The fourth-order valence-corrected chi connectivity index (χ4v) is 3.05. The number of likely N-dealkylation sites (tertiary alicyclic amines) is 1. The van der Waals surface area contributed by atoms with E-state index in [0.717, 1.165) is 38.0 Å². The van der Waals surface area contributed by atoms with Crippen LogP contribution in [0.3, 0.4) is 0 Å². The molecule has 4 heteroatoms. The largest absolute Gasteiger partial charge is 0.370 e. The van der Waals surface area contributed by atoms with Gasteiger partial charge in [-0.1, -0.05) is 19.1 Å². The Balaban J connectivity index is 1.88. The Hall–Kier alpha value is -1.42. The van der Waals surface area contributed by atoms with Crippen molar-refractivity contribution in [3.05, 3.63) is 35.6 Å². The summed E-state index contributed by atoms with van der Waals surface area (Å²) in [6, 6.07) is 6.73. The van der Waals surface area contributed by atoms with Crippen LogP contribution >= 0.6 is 0 Å². The van der Waals surface area contributed by atoms with Gasteiger partial charge in [0.1, 0.15) is 5.82 Å². The molecule has 2 rings (SSSR count). The molecule has 0 aromatic heterocycles. The number of nitrogens with two attached hydrogens (primary N) is 1. The van der Waals surface area contributed by atoms with Gasteiger partial charge in [0.25, 0.3) is 0 Å². The van der Waals surface area contributed by atoms with E-state index < -0.39 is 0 Å². The molecular weight excluding hydrogens is 255 g/mol. The van der Waals surface area contributed by atoms with E-state index in [1.807, 2.05) is 12.1 Å². The van der Waals surface area contributed by atoms with E-state index in [4.69, 9.17) is 5.73 Å². The predicted octanol–water partition coefficient (Wildman–Crippen LogP) is 2.52. The molecule has 0 saturated carbocycles. The van der Waals surface area contributed by atoms with E-state index >= 15 is 0 Å². The molecule has 20 heavy (non-hydrogen) atoms. The third-order valence-electron chi connectivity index (χ3n) is 4.06. The molecule has 1 aliphatic heterocycles. The highest BCUT2D eigenvalue weighted by Crippen LogP contribution is 2.23. The molecule has 0 spiro atoms. The van der Waals surface area contributed by atoms with Gasteiger partial charge in [-0.25, -0.2) is 4.39 Å². The Morgan fingerprint density at radius 1 is 1.45 bits per heavy atom. The highest BCUT2D eigenvalue weighted by Gasteiger charge is 2.22. The molecule has 1 aromatic rings. The van der Waals surface area contributed by atoms with Crippen LogP contribution in [0.1, 0.15) is 37.7 Å². The Labute approximate surface area is 120 Å². The summed E-state index contributed by atoms with van der Waals surface area (Å²) < 4.78 is 12.9. The van der Waals surface area contributed by atoms with E-state index in [1.165, 1.54) is 12.1 Å². The molecule has 1 aromatic carbocycles. The van der Waals surface area contributed by atoms with Crippen molar-refractivity contribution < 1.29 is 9.18 Å². The average Bonchev–Trinajstić information content (AvgIpc) is 2.39. The Kier molecular flexibility index (Phi) is 5.12. The van der Waals surface area contributed by atoms with Crippen LogP contribution in [0.25, 0.3) is 0 Å². The number of primary amides is 1. The maximum absolute atomic E-state index is 12.9. The van der Waals surface area contributed by atoms with Crippen molar-refractivity contribution in [1.29, 1.82) is 0 Å². The lowest BCUT2D eigenvalue weighted by molar-refractivity contribution is -0.119. The van der Waals surface area contributed by atoms with Gasteiger partial charge in [0.05, 0.1) is 0 Å². The topological polar surface area (TPSA) is 46.3 Å². The molecule has 1 aliphatic rings. The van der Waals surface area contributed by atoms with Gasteiger partial charge < -0.3 is 10.6 Å². The average molecular weight is 278 g/mol. The summed E-state index contributed by atoms with van der Waals surface area (Å²) in [5.74, 6) is 0.355. The summed E-state index contributed by atoms with van der Waals surface area (Å²) in [4.78, 5) is 13.4. The Bertz CT molecular complexity index is 446. The first-order valence-electron chi connectivity index (χ1n) is 7.30. The first kappa shape index (κ1) is 15.0. The van der Waals surface area contributed by atoms with E-state index in [1.54, 1.807) is 0 Å². The third kappa shape index (κ3) is 4.30. The zero-order valence-electron chi connectivity index (χ0n) is 12.0. The van der Waals surface area contributed by atoms with Crippen LogP contribution in [0.15, 0.2) is 24.3 Å². The van der Waals surface area contributed by atoms with Crippen LogP contribution < -0.4 is 5.73 Å². The minimum absolute atomic E-state index is 0.194. The number of rotatable bonds is 5. The number of hydrogen-bond donors (Lipinski definition) is 1. The number of carbonyl (C=O) groups is 1. The van der Waals surface area contributed by atoms with E-state index in [2.05, 4.69) is 11.8 Å². The second-order valence-corrected chi connectivity index (χ2v) is 5.89.